The fraction of sp³-hybridized carbons (Fsp3) is 0.167. The number of benzene rings is 1. The molecule has 0 unspecified atom stereocenters. The molecule has 1 aromatic carbocycles. The highest BCUT2D eigenvalue weighted by Crippen LogP contribution is 2.01. The smallest absolute Gasteiger partial charge is 0.123 e. The van der Waals surface area contributed by atoms with Crippen LogP contribution < -0.4 is 0 Å². The van der Waals surface area contributed by atoms with E-state index < -0.39 is 6.10 Å². The Balaban J connectivity index is 2.67. The highest BCUT2D eigenvalue weighted by molar-refractivity contribution is 5.34. The monoisotopic (exact) mass is 190 g/mol. The largest absolute Gasteiger partial charge is 0.380 e. The first-order valence-corrected chi connectivity index (χ1v) is 4.28. The number of aliphatic hydroxyl groups excluding tert-OH is 1. The minimum absolute atomic E-state index is 0.290. The molecule has 1 atom stereocenters. The summed E-state index contributed by atoms with van der Waals surface area (Å²) < 4.78 is 12.5. The van der Waals surface area contributed by atoms with E-state index in [0.717, 1.165) is 0 Å². The van der Waals surface area contributed by atoms with Gasteiger partial charge in [-0.3, -0.25) is 0 Å². The minimum Gasteiger partial charge on any atom is -0.380 e. The summed E-state index contributed by atoms with van der Waals surface area (Å²) in [6, 6.07) is 5.82. The maximum atomic E-state index is 12.5. The topological polar surface area (TPSA) is 20.2 Å². The van der Waals surface area contributed by atoms with Crippen LogP contribution in [-0.4, -0.2) is 11.2 Å². The quantitative estimate of drug-likeness (QED) is 0.559. The zero-order valence-electron chi connectivity index (χ0n) is 7.70. The van der Waals surface area contributed by atoms with Gasteiger partial charge in [0.05, 0.1) is 0 Å². The van der Waals surface area contributed by atoms with Crippen LogP contribution in [0, 0.1) is 17.7 Å². The Morgan fingerprint density at radius 1 is 1.43 bits per heavy atom. The average molecular weight is 190 g/mol. The number of halogens is 1. The number of hydrogen-bond donors (Lipinski definition) is 1. The predicted molar refractivity (Wildman–Crippen MR) is 54.1 cm³/mol. The van der Waals surface area contributed by atoms with Crippen LogP contribution in [0.2, 0.25) is 0 Å². The van der Waals surface area contributed by atoms with Gasteiger partial charge in [0, 0.05) is 12.0 Å². The average Bonchev–Trinajstić information content (AvgIpc) is 2.17. The van der Waals surface area contributed by atoms with Crippen LogP contribution in [0.1, 0.15) is 12.0 Å². The zero-order chi connectivity index (χ0) is 10.4. The molecule has 0 spiro atoms. The van der Waals surface area contributed by atoms with Gasteiger partial charge in [0.1, 0.15) is 11.9 Å². The van der Waals surface area contributed by atoms with Crippen molar-refractivity contribution in [3.63, 3.8) is 0 Å². The van der Waals surface area contributed by atoms with Gasteiger partial charge in [-0.25, -0.2) is 4.39 Å². The summed E-state index contributed by atoms with van der Waals surface area (Å²) in [6.45, 7) is 3.49. The zero-order valence-corrected chi connectivity index (χ0v) is 7.70. The third-order valence-electron chi connectivity index (χ3n) is 1.62. The van der Waals surface area contributed by atoms with Crippen LogP contribution in [0.15, 0.2) is 36.9 Å². The van der Waals surface area contributed by atoms with Gasteiger partial charge < -0.3 is 5.11 Å². The molecular formula is C12H11FO. The molecular weight excluding hydrogens is 179 g/mol. The van der Waals surface area contributed by atoms with Crippen molar-refractivity contribution in [2.24, 2.45) is 0 Å². The maximum absolute atomic E-state index is 12.5. The molecule has 2 heteroatoms. The van der Waals surface area contributed by atoms with Gasteiger partial charge >= 0.3 is 0 Å². The molecule has 1 aromatic rings. The van der Waals surface area contributed by atoms with Gasteiger partial charge in [-0.2, -0.15) is 0 Å². The van der Waals surface area contributed by atoms with Crippen molar-refractivity contribution in [2.75, 3.05) is 0 Å². The molecule has 0 saturated carbocycles. The summed E-state index contributed by atoms with van der Waals surface area (Å²) in [4.78, 5) is 0. The van der Waals surface area contributed by atoms with E-state index in [1.807, 2.05) is 0 Å². The summed E-state index contributed by atoms with van der Waals surface area (Å²) in [7, 11) is 0. The van der Waals surface area contributed by atoms with E-state index in [4.69, 9.17) is 0 Å². The summed E-state index contributed by atoms with van der Waals surface area (Å²) in [6.07, 6.45) is 1.34. The molecule has 0 bridgehead atoms. The first-order valence-electron chi connectivity index (χ1n) is 4.28. The molecule has 0 heterocycles. The number of rotatable bonds is 2. The molecule has 14 heavy (non-hydrogen) atoms. The number of aliphatic hydroxyl groups is 1. The SMILES string of the molecule is C=CC[C@@H](O)C#Cc1ccc(F)cc1. The molecule has 72 valence electrons. The Kier molecular flexibility index (Phi) is 3.90. The molecule has 0 radical (unpaired) electrons. The first-order chi connectivity index (χ1) is 6.72. The Labute approximate surface area is 82.9 Å². The van der Waals surface area contributed by atoms with Crippen molar-refractivity contribution in [1.82, 2.24) is 0 Å². The van der Waals surface area contributed by atoms with Gasteiger partial charge in [0.2, 0.25) is 0 Å². The molecule has 0 aliphatic rings. The van der Waals surface area contributed by atoms with Crippen LogP contribution in [0.25, 0.3) is 0 Å². The van der Waals surface area contributed by atoms with Gasteiger partial charge in [-0.1, -0.05) is 17.9 Å². The van der Waals surface area contributed by atoms with Gasteiger partial charge in [-0.05, 0) is 24.3 Å². The van der Waals surface area contributed by atoms with E-state index in [9.17, 15) is 9.50 Å². The second-order valence-electron chi connectivity index (χ2n) is 2.82. The fourth-order valence-corrected chi connectivity index (χ4v) is 0.917. The summed E-state index contributed by atoms with van der Waals surface area (Å²) in [5.41, 5.74) is 0.689. The van der Waals surface area contributed by atoms with Crippen molar-refractivity contribution >= 4 is 0 Å². The molecule has 1 rings (SSSR count). The molecule has 0 aliphatic carbocycles. The van der Waals surface area contributed by atoms with Crippen molar-refractivity contribution < 1.29 is 9.50 Å². The Hall–Kier alpha value is -1.59. The van der Waals surface area contributed by atoms with Crippen molar-refractivity contribution in [3.8, 4) is 11.8 Å². The molecule has 0 aliphatic heterocycles. The predicted octanol–water partition coefficient (Wildman–Crippen LogP) is 2.11. The fourth-order valence-electron chi connectivity index (χ4n) is 0.917. The Morgan fingerprint density at radius 2 is 2.07 bits per heavy atom. The van der Waals surface area contributed by atoms with E-state index in [0.29, 0.717) is 12.0 Å². The van der Waals surface area contributed by atoms with E-state index in [1.54, 1.807) is 18.2 Å². The third-order valence-corrected chi connectivity index (χ3v) is 1.62. The highest BCUT2D eigenvalue weighted by atomic mass is 19.1. The molecule has 0 fully saturated rings. The molecule has 1 nitrogen and oxygen atoms in total. The standard InChI is InChI=1S/C12H11FO/c1-2-3-12(14)9-6-10-4-7-11(13)8-5-10/h2,4-5,7-8,12,14H,1,3H2/t12-/m1/s1. The molecule has 0 amide bonds. The van der Waals surface area contributed by atoms with Crippen molar-refractivity contribution in [1.29, 1.82) is 0 Å². The molecule has 0 aromatic heterocycles. The summed E-state index contributed by atoms with van der Waals surface area (Å²) in [5, 5.41) is 9.25. The second-order valence-corrected chi connectivity index (χ2v) is 2.82. The second kappa shape index (κ2) is 5.21. The minimum atomic E-state index is -0.697. The maximum Gasteiger partial charge on any atom is 0.123 e. The van der Waals surface area contributed by atoms with Gasteiger partial charge in [0.15, 0.2) is 0 Å². The van der Waals surface area contributed by atoms with Crippen LogP contribution in [0.4, 0.5) is 4.39 Å². The van der Waals surface area contributed by atoms with Crippen LogP contribution in [0.3, 0.4) is 0 Å². The lowest BCUT2D eigenvalue weighted by Gasteiger charge is -1.95. The van der Waals surface area contributed by atoms with Crippen molar-refractivity contribution in [3.05, 3.63) is 48.3 Å². The molecule has 1 N–H and O–H groups in total. The van der Waals surface area contributed by atoms with Gasteiger partial charge in [-0.15, -0.1) is 6.58 Å². The third kappa shape index (κ3) is 3.42. The van der Waals surface area contributed by atoms with Crippen LogP contribution >= 0.6 is 0 Å². The lowest BCUT2D eigenvalue weighted by atomic mass is 10.2. The van der Waals surface area contributed by atoms with E-state index >= 15 is 0 Å². The van der Waals surface area contributed by atoms with E-state index in [1.165, 1.54) is 12.1 Å². The summed E-state index contributed by atoms with van der Waals surface area (Å²) in [5.74, 6) is 5.08. The number of hydrogen-bond acceptors (Lipinski definition) is 1. The first kappa shape index (κ1) is 10.5. The van der Waals surface area contributed by atoms with Crippen LogP contribution in [-0.2, 0) is 0 Å². The normalized spacial score (nSPS) is 11.3. The lowest BCUT2D eigenvalue weighted by molar-refractivity contribution is 0.236. The van der Waals surface area contributed by atoms with E-state index in [2.05, 4.69) is 18.4 Å². The Morgan fingerprint density at radius 3 is 2.64 bits per heavy atom. The van der Waals surface area contributed by atoms with Crippen molar-refractivity contribution in [2.45, 2.75) is 12.5 Å². The van der Waals surface area contributed by atoms with E-state index in [-0.39, 0.29) is 5.82 Å². The van der Waals surface area contributed by atoms with Crippen LogP contribution in [0.5, 0.6) is 0 Å². The lowest BCUT2D eigenvalue weighted by Crippen LogP contribution is -1.99. The summed E-state index contributed by atoms with van der Waals surface area (Å²) >= 11 is 0. The highest BCUT2D eigenvalue weighted by Gasteiger charge is 1.93. The molecule has 0 saturated heterocycles. The Bertz CT molecular complexity index is 356. The van der Waals surface area contributed by atoms with Gasteiger partial charge in [0.25, 0.3) is 0 Å².